The molecule has 2 aromatic carbocycles. The van der Waals surface area contributed by atoms with Gasteiger partial charge in [0.15, 0.2) is 5.60 Å². The zero-order valence-electron chi connectivity index (χ0n) is 10.7. The second-order valence-corrected chi connectivity index (χ2v) is 4.48. The Morgan fingerprint density at radius 1 is 1.05 bits per heavy atom. The Morgan fingerprint density at radius 2 is 1.58 bits per heavy atom. The lowest BCUT2D eigenvalue weighted by molar-refractivity contribution is -0.167. The van der Waals surface area contributed by atoms with Gasteiger partial charge in [0.1, 0.15) is 0 Å². The fourth-order valence-corrected chi connectivity index (χ4v) is 1.83. The lowest BCUT2D eigenvalue weighted by atomic mass is 9.96. The molecule has 0 heterocycles. The van der Waals surface area contributed by atoms with Crippen molar-refractivity contribution < 1.29 is 14.6 Å². The molecular weight excluding hydrogens is 240 g/mol. The Morgan fingerprint density at radius 3 is 2.11 bits per heavy atom. The number of ether oxygens (including phenoxy) is 1. The summed E-state index contributed by atoms with van der Waals surface area (Å²) in [6.45, 7) is 1.84. The lowest BCUT2D eigenvalue weighted by Gasteiger charge is -2.25. The van der Waals surface area contributed by atoms with Crippen molar-refractivity contribution in [1.82, 2.24) is 0 Å². The van der Waals surface area contributed by atoms with Crippen LogP contribution in [0.15, 0.2) is 60.7 Å². The van der Waals surface area contributed by atoms with Crippen molar-refractivity contribution in [2.45, 2.75) is 19.1 Å². The summed E-state index contributed by atoms with van der Waals surface area (Å²) in [4.78, 5) is 11.5. The van der Waals surface area contributed by atoms with Gasteiger partial charge in [-0.1, -0.05) is 60.7 Å². The maximum atomic E-state index is 11.5. The van der Waals surface area contributed by atoms with Crippen LogP contribution >= 0.6 is 0 Å². The molecule has 1 N–H and O–H groups in total. The van der Waals surface area contributed by atoms with E-state index >= 15 is 0 Å². The number of carbonyl (C=O) groups is 1. The van der Waals surface area contributed by atoms with E-state index in [1.165, 1.54) is 0 Å². The number of rotatable bonds is 5. The molecule has 0 aromatic heterocycles. The fraction of sp³-hybridized carbons (Fsp3) is 0.188. The van der Waals surface area contributed by atoms with Crippen molar-refractivity contribution in [2.24, 2.45) is 0 Å². The van der Waals surface area contributed by atoms with Crippen molar-refractivity contribution >= 4 is 5.97 Å². The highest BCUT2D eigenvalue weighted by Crippen LogP contribution is 2.26. The van der Waals surface area contributed by atoms with Crippen LogP contribution < -0.4 is 0 Å². The second-order valence-electron chi connectivity index (χ2n) is 4.48. The van der Waals surface area contributed by atoms with E-state index in [4.69, 9.17) is 4.74 Å². The third kappa shape index (κ3) is 3.01. The molecule has 0 bridgehead atoms. The van der Waals surface area contributed by atoms with E-state index in [2.05, 4.69) is 0 Å². The number of hydrogen-bond acceptors (Lipinski definition) is 2. The molecule has 0 amide bonds. The summed E-state index contributed by atoms with van der Waals surface area (Å²) in [6, 6.07) is 18.5. The predicted octanol–water partition coefficient (Wildman–Crippen LogP) is 3.20. The molecule has 0 aliphatic rings. The van der Waals surface area contributed by atoms with Gasteiger partial charge in [0.2, 0.25) is 0 Å². The quantitative estimate of drug-likeness (QED) is 0.893. The Balaban J connectivity index is 2.19. The first-order chi connectivity index (χ1) is 9.13. The van der Waals surface area contributed by atoms with Gasteiger partial charge >= 0.3 is 5.97 Å². The third-order valence-electron chi connectivity index (χ3n) is 3.10. The summed E-state index contributed by atoms with van der Waals surface area (Å²) in [5, 5.41) is 9.44. The van der Waals surface area contributed by atoms with E-state index in [1.807, 2.05) is 48.5 Å². The molecule has 2 rings (SSSR count). The van der Waals surface area contributed by atoms with Crippen molar-refractivity contribution in [3.05, 3.63) is 71.8 Å². The van der Waals surface area contributed by atoms with E-state index in [1.54, 1.807) is 19.1 Å². The number of aliphatic carboxylic acids is 1. The van der Waals surface area contributed by atoms with Crippen LogP contribution in [0, 0.1) is 0 Å². The fourth-order valence-electron chi connectivity index (χ4n) is 1.83. The average Bonchev–Trinajstić information content (AvgIpc) is 2.46. The van der Waals surface area contributed by atoms with Gasteiger partial charge in [-0.25, -0.2) is 4.79 Å². The summed E-state index contributed by atoms with van der Waals surface area (Å²) < 4.78 is 5.66. The van der Waals surface area contributed by atoms with Gasteiger partial charge in [0.25, 0.3) is 0 Å². The zero-order valence-corrected chi connectivity index (χ0v) is 10.7. The Bertz CT molecular complexity index is 536. The van der Waals surface area contributed by atoms with E-state index in [-0.39, 0.29) is 6.61 Å². The topological polar surface area (TPSA) is 46.5 Å². The molecule has 98 valence electrons. The van der Waals surface area contributed by atoms with Gasteiger partial charge in [-0.2, -0.15) is 0 Å². The van der Waals surface area contributed by atoms with Crippen LogP contribution in [0.4, 0.5) is 0 Å². The Hall–Kier alpha value is -2.13. The molecule has 2 aromatic rings. The second kappa shape index (κ2) is 5.67. The van der Waals surface area contributed by atoms with Crippen molar-refractivity contribution in [3.8, 4) is 0 Å². The van der Waals surface area contributed by atoms with E-state index < -0.39 is 11.6 Å². The lowest BCUT2D eigenvalue weighted by Crippen LogP contribution is -2.35. The molecule has 0 unspecified atom stereocenters. The molecule has 0 spiro atoms. The third-order valence-corrected chi connectivity index (χ3v) is 3.10. The summed E-state index contributed by atoms with van der Waals surface area (Å²) in [5.74, 6) is -0.991. The van der Waals surface area contributed by atoms with Crippen molar-refractivity contribution in [3.63, 3.8) is 0 Å². The van der Waals surface area contributed by atoms with Crippen molar-refractivity contribution in [2.75, 3.05) is 0 Å². The van der Waals surface area contributed by atoms with E-state index in [0.717, 1.165) is 5.56 Å². The molecule has 0 saturated carbocycles. The molecule has 0 saturated heterocycles. The largest absolute Gasteiger partial charge is 0.479 e. The van der Waals surface area contributed by atoms with Crippen LogP contribution in [0.1, 0.15) is 18.1 Å². The van der Waals surface area contributed by atoms with Gasteiger partial charge in [0.05, 0.1) is 6.61 Å². The number of benzene rings is 2. The Labute approximate surface area is 112 Å². The minimum absolute atomic E-state index is 0.262. The zero-order chi connectivity index (χ0) is 13.7. The summed E-state index contributed by atoms with van der Waals surface area (Å²) >= 11 is 0. The smallest absolute Gasteiger partial charge is 0.340 e. The van der Waals surface area contributed by atoms with Gasteiger partial charge < -0.3 is 9.84 Å². The number of hydrogen-bond donors (Lipinski definition) is 1. The van der Waals surface area contributed by atoms with Crippen molar-refractivity contribution in [1.29, 1.82) is 0 Å². The van der Waals surface area contributed by atoms with Crippen LogP contribution in [0.25, 0.3) is 0 Å². The first-order valence-corrected chi connectivity index (χ1v) is 6.10. The molecule has 19 heavy (non-hydrogen) atoms. The molecule has 0 fully saturated rings. The molecular formula is C16H16O3. The maximum Gasteiger partial charge on any atom is 0.340 e. The molecule has 3 heteroatoms. The minimum Gasteiger partial charge on any atom is -0.479 e. The minimum atomic E-state index is -1.34. The predicted molar refractivity (Wildman–Crippen MR) is 72.7 cm³/mol. The van der Waals surface area contributed by atoms with Gasteiger partial charge in [0, 0.05) is 0 Å². The van der Waals surface area contributed by atoms with Crippen LogP contribution in [0.5, 0.6) is 0 Å². The highest BCUT2D eigenvalue weighted by molar-refractivity contribution is 5.78. The van der Waals surface area contributed by atoms with Crippen LogP contribution in [-0.4, -0.2) is 11.1 Å². The summed E-state index contributed by atoms with van der Waals surface area (Å²) in [7, 11) is 0. The average molecular weight is 256 g/mol. The first kappa shape index (κ1) is 13.3. The summed E-state index contributed by atoms with van der Waals surface area (Å²) in [6.07, 6.45) is 0. The summed E-state index contributed by atoms with van der Waals surface area (Å²) in [5.41, 5.74) is 0.251. The van der Waals surface area contributed by atoms with Crippen LogP contribution in [0.3, 0.4) is 0 Å². The molecule has 0 aliphatic heterocycles. The normalized spacial score (nSPS) is 13.7. The Kier molecular flexibility index (Phi) is 3.97. The maximum absolute atomic E-state index is 11.5. The van der Waals surface area contributed by atoms with Crippen LogP contribution in [-0.2, 0) is 21.7 Å². The number of carboxylic acids is 1. The van der Waals surface area contributed by atoms with E-state index in [0.29, 0.717) is 5.56 Å². The van der Waals surface area contributed by atoms with Gasteiger partial charge in [-0.3, -0.25) is 0 Å². The van der Waals surface area contributed by atoms with E-state index in [9.17, 15) is 9.90 Å². The standard InChI is InChI=1S/C16H16O3/c1-16(15(17)18,14-10-6-3-7-11-14)19-12-13-8-4-2-5-9-13/h2-11H,12H2,1H3,(H,17,18)/t16-/m0/s1. The molecule has 1 atom stereocenters. The monoisotopic (exact) mass is 256 g/mol. The van der Waals surface area contributed by atoms with Gasteiger partial charge in [-0.15, -0.1) is 0 Å². The first-order valence-electron chi connectivity index (χ1n) is 6.10. The van der Waals surface area contributed by atoms with Crippen LogP contribution in [0.2, 0.25) is 0 Å². The molecule has 3 nitrogen and oxygen atoms in total. The highest BCUT2D eigenvalue weighted by Gasteiger charge is 2.36. The number of carboxylic acid groups (broad SMARTS) is 1. The highest BCUT2D eigenvalue weighted by atomic mass is 16.5. The molecule has 0 aliphatic carbocycles. The van der Waals surface area contributed by atoms with Gasteiger partial charge in [-0.05, 0) is 18.1 Å². The SMILES string of the molecule is C[C@@](OCc1ccccc1)(C(=O)O)c1ccccc1. The molecule has 0 radical (unpaired) electrons.